The molecule has 2 rings (SSSR count). The summed E-state index contributed by atoms with van der Waals surface area (Å²) in [4.78, 5) is 17.7. The number of ketones is 1. The first-order valence-electron chi connectivity index (χ1n) is 6.62. The van der Waals surface area contributed by atoms with Gasteiger partial charge in [-0.05, 0) is 5.56 Å². The molecule has 2 aromatic rings. The molecule has 1 atom stereocenters. The van der Waals surface area contributed by atoms with E-state index in [2.05, 4.69) is 0 Å². The van der Waals surface area contributed by atoms with Gasteiger partial charge in [0, 0.05) is 19.0 Å². The average molecular weight is 269 g/mol. The van der Waals surface area contributed by atoms with Gasteiger partial charge >= 0.3 is 0 Å². The number of Topliss-reactive ketones (excluding diaryl/α,β-unsaturated/α-hetero) is 1. The molecule has 0 aliphatic carbocycles. The molecule has 0 aromatic heterocycles. The van der Waals surface area contributed by atoms with Crippen molar-refractivity contribution in [3.8, 4) is 0 Å². The van der Waals surface area contributed by atoms with E-state index in [0.717, 1.165) is 11.1 Å². The van der Waals surface area contributed by atoms with Gasteiger partial charge in [-0.15, -0.1) is 0 Å². The van der Waals surface area contributed by atoms with Gasteiger partial charge in [-0.1, -0.05) is 60.7 Å². The molecule has 0 fully saturated rings. The van der Waals surface area contributed by atoms with Crippen LogP contribution in [0.3, 0.4) is 0 Å². The molecule has 0 bridgehead atoms. The zero-order chi connectivity index (χ0) is 14.4. The Bertz CT molecular complexity index is 539. The molecule has 20 heavy (non-hydrogen) atoms. The Hall–Kier alpha value is -1.97. The second-order valence-corrected chi connectivity index (χ2v) is 4.65. The fraction of sp³-hybridized carbons (Fsp3) is 0.235. The van der Waals surface area contributed by atoms with Gasteiger partial charge in [-0.25, -0.2) is 0 Å². The van der Waals surface area contributed by atoms with Crippen molar-refractivity contribution in [1.29, 1.82) is 0 Å². The highest BCUT2D eigenvalue weighted by Gasteiger charge is 2.21. The molecule has 0 radical (unpaired) electrons. The fourth-order valence-electron chi connectivity index (χ4n) is 2.18. The highest BCUT2D eigenvalue weighted by atomic mass is 16.7. The van der Waals surface area contributed by atoms with E-state index in [0.29, 0.717) is 6.42 Å². The van der Waals surface area contributed by atoms with Gasteiger partial charge in [0.05, 0.1) is 13.2 Å². The van der Waals surface area contributed by atoms with Crippen molar-refractivity contribution in [3.05, 3.63) is 71.8 Å². The number of hydrogen-bond donors (Lipinski definition) is 0. The average Bonchev–Trinajstić information content (AvgIpc) is 2.53. The van der Waals surface area contributed by atoms with Crippen molar-refractivity contribution in [3.63, 3.8) is 0 Å². The van der Waals surface area contributed by atoms with Gasteiger partial charge in [-0.2, -0.15) is 5.06 Å². The van der Waals surface area contributed by atoms with Gasteiger partial charge in [0.25, 0.3) is 0 Å². The fourth-order valence-corrected chi connectivity index (χ4v) is 2.18. The summed E-state index contributed by atoms with van der Waals surface area (Å²) in [6.45, 7) is 0. The topological polar surface area (TPSA) is 29.5 Å². The van der Waals surface area contributed by atoms with Crippen molar-refractivity contribution >= 4 is 5.78 Å². The van der Waals surface area contributed by atoms with Crippen LogP contribution in [0.5, 0.6) is 0 Å². The summed E-state index contributed by atoms with van der Waals surface area (Å²) in [5, 5.41) is 1.72. The monoisotopic (exact) mass is 269 g/mol. The minimum atomic E-state index is -0.0890. The maximum atomic E-state index is 12.4. The summed E-state index contributed by atoms with van der Waals surface area (Å²) < 4.78 is 0. The molecule has 3 heteroatoms. The van der Waals surface area contributed by atoms with Crippen LogP contribution in [0.4, 0.5) is 0 Å². The van der Waals surface area contributed by atoms with E-state index in [-0.39, 0.29) is 11.8 Å². The Labute approximate surface area is 119 Å². The number of benzene rings is 2. The van der Waals surface area contributed by atoms with Gasteiger partial charge < -0.3 is 4.84 Å². The number of carbonyl (C=O) groups is 1. The molecular weight excluding hydrogens is 250 g/mol. The lowest BCUT2D eigenvalue weighted by atomic mass is 9.98. The highest BCUT2D eigenvalue weighted by Crippen LogP contribution is 2.24. The molecule has 1 unspecified atom stereocenters. The lowest BCUT2D eigenvalue weighted by molar-refractivity contribution is -0.141. The molecule has 3 nitrogen and oxygen atoms in total. The van der Waals surface area contributed by atoms with Gasteiger partial charge in [0.2, 0.25) is 0 Å². The zero-order valence-electron chi connectivity index (χ0n) is 11.8. The van der Waals surface area contributed by atoms with Crippen LogP contribution in [-0.2, 0) is 4.84 Å². The van der Waals surface area contributed by atoms with E-state index in [9.17, 15) is 4.79 Å². The van der Waals surface area contributed by atoms with E-state index in [1.165, 1.54) is 0 Å². The molecule has 0 aliphatic heterocycles. The summed E-state index contributed by atoms with van der Waals surface area (Å²) >= 11 is 0. The van der Waals surface area contributed by atoms with E-state index >= 15 is 0 Å². The molecule has 0 heterocycles. The quantitative estimate of drug-likeness (QED) is 0.594. The minimum absolute atomic E-state index is 0.0890. The van der Waals surface area contributed by atoms with Crippen LogP contribution >= 0.6 is 0 Å². The van der Waals surface area contributed by atoms with Gasteiger partial charge in [0.15, 0.2) is 5.78 Å². The van der Waals surface area contributed by atoms with E-state index in [1.807, 2.05) is 67.7 Å². The van der Waals surface area contributed by atoms with Crippen molar-refractivity contribution in [2.45, 2.75) is 12.5 Å². The summed E-state index contributed by atoms with van der Waals surface area (Å²) in [7, 11) is 3.46. The standard InChI is InChI=1S/C17H19NO2/c1-18(20-2)16(14-9-5-3-6-10-14)13-17(19)15-11-7-4-8-12-15/h3-12,16H,13H2,1-2H3. The second kappa shape index (κ2) is 6.98. The van der Waals surface area contributed by atoms with Crippen LogP contribution in [0.15, 0.2) is 60.7 Å². The molecule has 2 aromatic carbocycles. The van der Waals surface area contributed by atoms with Crippen LogP contribution in [-0.4, -0.2) is 25.0 Å². The van der Waals surface area contributed by atoms with Crippen LogP contribution in [0.25, 0.3) is 0 Å². The Morgan fingerprint density at radius 1 is 1.05 bits per heavy atom. The third-order valence-electron chi connectivity index (χ3n) is 3.39. The molecule has 0 spiro atoms. The highest BCUT2D eigenvalue weighted by molar-refractivity contribution is 5.96. The van der Waals surface area contributed by atoms with Gasteiger partial charge in [0.1, 0.15) is 0 Å². The number of carbonyl (C=O) groups excluding carboxylic acids is 1. The largest absolute Gasteiger partial charge is 0.302 e. The zero-order valence-corrected chi connectivity index (χ0v) is 11.8. The van der Waals surface area contributed by atoms with Crippen molar-refractivity contribution in [1.82, 2.24) is 5.06 Å². The van der Waals surface area contributed by atoms with Crippen molar-refractivity contribution < 1.29 is 9.63 Å². The first-order chi connectivity index (χ1) is 9.72. The smallest absolute Gasteiger partial charge is 0.164 e. The molecule has 0 N–H and O–H groups in total. The normalized spacial score (nSPS) is 12.3. The van der Waals surface area contributed by atoms with E-state index in [4.69, 9.17) is 4.84 Å². The molecular formula is C17H19NO2. The number of hydrogen-bond acceptors (Lipinski definition) is 3. The lowest BCUT2D eigenvalue weighted by Crippen LogP contribution is -2.25. The summed E-state index contributed by atoms with van der Waals surface area (Å²) in [6, 6.07) is 19.2. The number of rotatable bonds is 6. The summed E-state index contributed by atoms with van der Waals surface area (Å²) in [5.74, 6) is 0.114. The molecule has 0 saturated heterocycles. The van der Waals surface area contributed by atoms with Crippen LogP contribution < -0.4 is 0 Å². The maximum absolute atomic E-state index is 12.4. The lowest BCUT2D eigenvalue weighted by Gasteiger charge is -2.25. The van der Waals surface area contributed by atoms with Crippen molar-refractivity contribution in [2.75, 3.05) is 14.2 Å². The first kappa shape index (κ1) is 14.4. The summed E-state index contributed by atoms with van der Waals surface area (Å²) in [5.41, 5.74) is 1.80. The summed E-state index contributed by atoms with van der Waals surface area (Å²) in [6.07, 6.45) is 0.387. The first-order valence-corrected chi connectivity index (χ1v) is 6.62. The van der Waals surface area contributed by atoms with Crippen LogP contribution in [0.1, 0.15) is 28.4 Å². The SMILES string of the molecule is CON(C)C(CC(=O)c1ccccc1)c1ccccc1. The second-order valence-electron chi connectivity index (χ2n) is 4.65. The van der Waals surface area contributed by atoms with Crippen LogP contribution in [0.2, 0.25) is 0 Å². The van der Waals surface area contributed by atoms with Gasteiger partial charge in [-0.3, -0.25) is 4.79 Å². The molecule has 0 saturated carbocycles. The molecule has 0 aliphatic rings. The Kier molecular flexibility index (Phi) is 5.04. The molecule has 104 valence electrons. The predicted octanol–water partition coefficient (Wildman–Crippen LogP) is 3.49. The third-order valence-corrected chi connectivity index (χ3v) is 3.39. The third kappa shape index (κ3) is 3.53. The number of hydroxylamine groups is 2. The van der Waals surface area contributed by atoms with Crippen LogP contribution in [0, 0.1) is 0 Å². The minimum Gasteiger partial charge on any atom is -0.302 e. The van der Waals surface area contributed by atoms with E-state index < -0.39 is 0 Å². The Morgan fingerprint density at radius 2 is 1.60 bits per heavy atom. The molecule has 0 amide bonds. The Balaban J connectivity index is 2.19. The van der Waals surface area contributed by atoms with E-state index in [1.54, 1.807) is 12.2 Å². The maximum Gasteiger partial charge on any atom is 0.164 e. The predicted molar refractivity (Wildman–Crippen MR) is 79.3 cm³/mol. The number of nitrogens with zero attached hydrogens (tertiary/aromatic N) is 1. The van der Waals surface area contributed by atoms with Crippen molar-refractivity contribution in [2.24, 2.45) is 0 Å². The Morgan fingerprint density at radius 3 is 2.15 bits per heavy atom.